The van der Waals surface area contributed by atoms with Gasteiger partial charge in [-0.05, 0) is 48.9 Å². The molecule has 0 N–H and O–H groups in total. The number of benzene rings is 2. The number of fused-ring (bicyclic) bond motifs is 2. The zero-order valence-electron chi connectivity index (χ0n) is 15.9. The zero-order chi connectivity index (χ0) is 19.1. The van der Waals surface area contributed by atoms with Crippen molar-refractivity contribution in [2.45, 2.75) is 25.7 Å². The van der Waals surface area contributed by atoms with Crippen LogP contribution in [0.4, 0.5) is 16.2 Å². The monoisotopic (exact) mass is 386 g/mol. The van der Waals surface area contributed by atoms with Gasteiger partial charge >= 0.3 is 6.09 Å². The Labute approximate surface area is 166 Å². The van der Waals surface area contributed by atoms with E-state index in [-0.39, 0.29) is 6.09 Å². The summed E-state index contributed by atoms with van der Waals surface area (Å²) in [5.41, 5.74) is 5.30. The van der Waals surface area contributed by atoms with E-state index in [9.17, 15) is 4.79 Å². The lowest BCUT2D eigenvalue weighted by atomic mass is 10.0. The van der Waals surface area contributed by atoms with Crippen molar-refractivity contribution >= 4 is 29.1 Å². The first-order valence-corrected chi connectivity index (χ1v) is 10.1. The molecule has 2 aromatic rings. The second kappa shape index (κ2) is 9.65. The van der Waals surface area contributed by atoms with E-state index in [4.69, 9.17) is 16.3 Å². The Kier molecular flexibility index (Phi) is 6.99. The molecule has 1 heterocycles. The van der Waals surface area contributed by atoms with Crippen LogP contribution < -0.4 is 4.90 Å². The van der Waals surface area contributed by atoms with Crippen LogP contribution in [0.25, 0.3) is 0 Å². The summed E-state index contributed by atoms with van der Waals surface area (Å²) in [6.07, 6.45) is 3.37. The Morgan fingerprint density at radius 1 is 1.04 bits per heavy atom. The first-order valence-electron chi connectivity index (χ1n) is 9.58. The van der Waals surface area contributed by atoms with Gasteiger partial charge < -0.3 is 14.5 Å². The maximum absolute atomic E-state index is 12.0. The average molecular weight is 387 g/mol. The molecule has 144 valence electrons. The molecule has 0 saturated heterocycles. The fraction of sp³-hybridized carbons (Fsp3) is 0.409. The van der Waals surface area contributed by atoms with Crippen LogP contribution in [-0.4, -0.2) is 43.6 Å². The summed E-state index contributed by atoms with van der Waals surface area (Å²) in [5.74, 6) is 0.505. The Morgan fingerprint density at radius 3 is 2.22 bits per heavy atom. The van der Waals surface area contributed by atoms with Gasteiger partial charge in [-0.1, -0.05) is 36.4 Å². The Hall–Kier alpha value is -2.20. The average Bonchev–Trinajstić information content (AvgIpc) is 2.85. The number of ether oxygens (including phenoxy) is 1. The predicted molar refractivity (Wildman–Crippen MR) is 111 cm³/mol. The van der Waals surface area contributed by atoms with Crippen LogP contribution in [0.2, 0.25) is 0 Å². The number of hydrogen-bond acceptors (Lipinski definition) is 3. The maximum Gasteiger partial charge on any atom is 0.409 e. The molecule has 3 rings (SSSR count). The Bertz CT molecular complexity index is 718. The topological polar surface area (TPSA) is 32.8 Å². The SMILES string of the molecule is CN(CCCN1c2ccccc2CCc2ccccc21)C(=O)OCCCCl. The lowest BCUT2D eigenvalue weighted by molar-refractivity contribution is 0.111. The molecule has 0 fully saturated rings. The van der Waals surface area contributed by atoms with E-state index in [1.54, 1.807) is 11.9 Å². The molecule has 5 heteroatoms. The molecule has 4 nitrogen and oxygen atoms in total. The van der Waals surface area contributed by atoms with E-state index in [0.717, 1.165) is 25.8 Å². The highest BCUT2D eigenvalue weighted by Gasteiger charge is 2.20. The van der Waals surface area contributed by atoms with Gasteiger partial charge in [0.25, 0.3) is 0 Å². The number of aryl methyl sites for hydroxylation is 2. The highest BCUT2D eigenvalue weighted by molar-refractivity contribution is 6.17. The molecule has 0 unspecified atom stereocenters. The van der Waals surface area contributed by atoms with Crippen molar-refractivity contribution in [3.05, 3.63) is 59.7 Å². The van der Waals surface area contributed by atoms with Gasteiger partial charge in [-0.15, -0.1) is 11.6 Å². The molecule has 1 aliphatic rings. The van der Waals surface area contributed by atoms with Crippen molar-refractivity contribution in [1.82, 2.24) is 4.90 Å². The predicted octanol–water partition coefficient (Wildman–Crippen LogP) is 5.01. The largest absolute Gasteiger partial charge is 0.449 e. The highest BCUT2D eigenvalue weighted by Crippen LogP contribution is 2.35. The number of alkyl halides is 1. The molecular weight excluding hydrogens is 360 g/mol. The van der Waals surface area contributed by atoms with Crippen molar-refractivity contribution in [2.75, 3.05) is 37.5 Å². The molecule has 0 saturated carbocycles. The Morgan fingerprint density at radius 2 is 1.63 bits per heavy atom. The van der Waals surface area contributed by atoms with Crippen molar-refractivity contribution in [3.63, 3.8) is 0 Å². The van der Waals surface area contributed by atoms with Crippen LogP contribution in [0.3, 0.4) is 0 Å². The molecule has 0 bridgehead atoms. The number of para-hydroxylation sites is 2. The van der Waals surface area contributed by atoms with E-state index < -0.39 is 0 Å². The molecule has 2 aromatic carbocycles. The summed E-state index contributed by atoms with van der Waals surface area (Å²) in [6.45, 7) is 1.88. The van der Waals surface area contributed by atoms with Crippen molar-refractivity contribution < 1.29 is 9.53 Å². The summed E-state index contributed by atoms with van der Waals surface area (Å²) >= 11 is 5.62. The third-order valence-corrected chi connectivity index (χ3v) is 5.19. The molecule has 0 spiro atoms. The maximum atomic E-state index is 12.0. The molecular formula is C22H27ClN2O2. The standard InChI is InChI=1S/C22H27ClN2O2/c1-24(22(26)27-17-6-14-23)15-7-16-25-20-10-4-2-8-18(20)12-13-19-9-3-5-11-21(19)25/h2-5,8-11H,6-7,12-17H2,1H3. The third-order valence-electron chi connectivity index (χ3n) is 4.92. The Balaban J connectivity index is 1.66. The third kappa shape index (κ3) is 4.95. The van der Waals surface area contributed by atoms with Crippen LogP contribution >= 0.6 is 11.6 Å². The second-order valence-electron chi connectivity index (χ2n) is 6.84. The molecule has 0 atom stereocenters. The zero-order valence-corrected chi connectivity index (χ0v) is 16.6. The number of hydrogen-bond donors (Lipinski definition) is 0. The van der Waals surface area contributed by atoms with Crippen LogP contribution in [0, 0.1) is 0 Å². The smallest absolute Gasteiger partial charge is 0.409 e. The van der Waals surface area contributed by atoms with Crippen LogP contribution in [0.15, 0.2) is 48.5 Å². The summed E-state index contributed by atoms with van der Waals surface area (Å²) in [4.78, 5) is 16.0. The first kappa shape index (κ1) is 19.6. The van der Waals surface area contributed by atoms with Crippen LogP contribution in [-0.2, 0) is 17.6 Å². The number of rotatable bonds is 7. The fourth-order valence-corrected chi connectivity index (χ4v) is 3.60. The van der Waals surface area contributed by atoms with Gasteiger partial charge in [-0.25, -0.2) is 4.79 Å². The number of nitrogens with zero attached hydrogens (tertiary/aromatic N) is 2. The van der Waals surface area contributed by atoms with E-state index in [1.165, 1.54) is 22.5 Å². The van der Waals surface area contributed by atoms with Crippen molar-refractivity contribution in [1.29, 1.82) is 0 Å². The quantitative estimate of drug-likeness (QED) is 0.495. The molecule has 27 heavy (non-hydrogen) atoms. The number of carbonyl (C=O) groups is 1. The van der Waals surface area contributed by atoms with Crippen molar-refractivity contribution in [2.24, 2.45) is 0 Å². The summed E-state index contributed by atoms with van der Waals surface area (Å²) < 4.78 is 5.21. The number of carbonyl (C=O) groups excluding carboxylic acids is 1. The second-order valence-corrected chi connectivity index (χ2v) is 7.22. The molecule has 0 aliphatic carbocycles. The van der Waals surface area contributed by atoms with E-state index in [0.29, 0.717) is 25.5 Å². The van der Waals surface area contributed by atoms with Gasteiger partial charge in [0.1, 0.15) is 0 Å². The summed E-state index contributed by atoms with van der Waals surface area (Å²) in [5, 5.41) is 0. The van der Waals surface area contributed by atoms with E-state index >= 15 is 0 Å². The van der Waals surface area contributed by atoms with Crippen LogP contribution in [0.5, 0.6) is 0 Å². The van der Waals surface area contributed by atoms with Gasteiger partial charge in [-0.2, -0.15) is 0 Å². The lowest BCUT2D eigenvalue weighted by Crippen LogP contribution is -2.31. The van der Waals surface area contributed by atoms with E-state index in [2.05, 4.69) is 53.4 Å². The van der Waals surface area contributed by atoms with Gasteiger partial charge in [0.05, 0.1) is 6.61 Å². The minimum absolute atomic E-state index is 0.281. The van der Waals surface area contributed by atoms with Crippen molar-refractivity contribution in [3.8, 4) is 0 Å². The van der Waals surface area contributed by atoms with Gasteiger partial charge in [0, 0.05) is 37.4 Å². The molecule has 1 amide bonds. The minimum atomic E-state index is -0.281. The van der Waals surface area contributed by atoms with Gasteiger partial charge in [0.2, 0.25) is 0 Å². The lowest BCUT2D eigenvalue weighted by Gasteiger charge is -2.28. The molecule has 1 aliphatic heterocycles. The van der Waals surface area contributed by atoms with Gasteiger partial charge in [-0.3, -0.25) is 0 Å². The van der Waals surface area contributed by atoms with Crippen LogP contribution in [0.1, 0.15) is 24.0 Å². The molecule has 0 radical (unpaired) electrons. The van der Waals surface area contributed by atoms with E-state index in [1.807, 2.05) is 0 Å². The summed E-state index contributed by atoms with van der Waals surface area (Å²) in [6, 6.07) is 17.2. The number of halogens is 1. The van der Waals surface area contributed by atoms with Gasteiger partial charge in [0.15, 0.2) is 0 Å². The molecule has 0 aromatic heterocycles. The summed E-state index contributed by atoms with van der Waals surface area (Å²) in [7, 11) is 1.79. The number of amides is 1. The minimum Gasteiger partial charge on any atom is -0.449 e. The number of anilines is 2. The first-order chi connectivity index (χ1) is 13.2. The fourth-order valence-electron chi connectivity index (χ4n) is 3.49. The highest BCUT2D eigenvalue weighted by atomic mass is 35.5. The normalized spacial score (nSPS) is 12.7.